The van der Waals surface area contributed by atoms with Gasteiger partial charge in [0.2, 0.25) is 0 Å². The van der Waals surface area contributed by atoms with Crippen molar-refractivity contribution < 1.29 is 9.84 Å². The molecular formula is C15H22N4O2. The largest absolute Gasteiger partial charge is 0.493 e. The van der Waals surface area contributed by atoms with E-state index >= 15 is 0 Å². The standard InChI is InChI=1S/C15H22N4O2/c1-11-7-12(9-16-8-11)15(20)14-13(21-4)10-17-19(14)6-5-18(2)3/h7-10,15,20H,5-6H2,1-4H3. The Kier molecular flexibility index (Phi) is 4.93. The van der Waals surface area contributed by atoms with Crippen LogP contribution >= 0.6 is 0 Å². The molecule has 6 heteroatoms. The first kappa shape index (κ1) is 15.5. The summed E-state index contributed by atoms with van der Waals surface area (Å²) in [5, 5.41) is 15.0. The second-order valence-corrected chi connectivity index (χ2v) is 5.32. The van der Waals surface area contributed by atoms with Gasteiger partial charge in [0.1, 0.15) is 11.8 Å². The van der Waals surface area contributed by atoms with Crippen molar-refractivity contribution in [2.75, 3.05) is 27.7 Å². The Morgan fingerprint density at radius 3 is 2.71 bits per heavy atom. The summed E-state index contributed by atoms with van der Waals surface area (Å²) in [4.78, 5) is 6.20. The Bertz CT molecular complexity index is 595. The summed E-state index contributed by atoms with van der Waals surface area (Å²) in [5.74, 6) is 0.586. The number of aliphatic hydroxyl groups excluding tert-OH is 1. The lowest BCUT2D eigenvalue weighted by atomic mass is 10.1. The smallest absolute Gasteiger partial charge is 0.163 e. The molecule has 2 heterocycles. The lowest BCUT2D eigenvalue weighted by molar-refractivity contribution is 0.199. The Labute approximate surface area is 125 Å². The maximum Gasteiger partial charge on any atom is 0.163 e. The van der Waals surface area contributed by atoms with Gasteiger partial charge in [0, 0.05) is 24.5 Å². The van der Waals surface area contributed by atoms with Crippen LogP contribution in [0.5, 0.6) is 5.75 Å². The monoisotopic (exact) mass is 290 g/mol. The number of aliphatic hydroxyl groups is 1. The molecule has 1 N–H and O–H groups in total. The van der Waals surface area contributed by atoms with E-state index in [1.165, 1.54) is 0 Å². The average molecular weight is 290 g/mol. The average Bonchev–Trinajstić information content (AvgIpc) is 2.87. The molecule has 2 rings (SSSR count). The van der Waals surface area contributed by atoms with Crippen LogP contribution in [-0.4, -0.2) is 52.5 Å². The lowest BCUT2D eigenvalue weighted by Gasteiger charge is -2.17. The van der Waals surface area contributed by atoms with Crippen molar-refractivity contribution >= 4 is 0 Å². The minimum Gasteiger partial charge on any atom is -0.493 e. The van der Waals surface area contributed by atoms with E-state index in [1.807, 2.05) is 27.1 Å². The van der Waals surface area contributed by atoms with Crippen LogP contribution in [0, 0.1) is 6.92 Å². The summed E-state index contributed by atoms with van der Waals surface area (Å²) in [6.45, 7) is 3.46. The van der Waals surface area contributed by atoms with E-state index in [0.717, 1.165) is 17.7 Å². The van der Waals surface area contributed by atoms with Gasteiger partial charge in [-0.05, 0) is 26.6 Å². The molecule has 0 aliphatic heterocycles. The zero-order valence-corrected chi connectivity index (χ0v) is 12.9. The number of aryl methyl sites for hydroxylation is 1. The molecule has 0 fully saturated rings. The van der Waals surface area contributed by atoms with Gasteiger partial charge < -0.3 is 14.7 Å². The molecule has 0 saturated heterocycles. The third-order valence-electron chi connectivity index (χ3n) is 3.29. The van der Waals surface area contributed by atoms with Gasteiger partial charge in [-0.2, -0.15) is 5.10 Å². The van der Waals surface area contributed by atoms with E-state index in [2.05, 4.69) is 15.0 Å². The van der Waals surface area contributed by atoms with Gasteiger partial charge in [-0.15, -0.1) is 0 Å². The highest BCUT2D eigenvalue weighted by Crippen LogP contribution is 2.29. The molecule has 6 nitrogen and oxygen atoms in total. The van der Waals surface area contributed by atoms with Gasteiger partial charge in [-0.3, -0.25) is 9.67 Å². The van der Waals surface area contributed by atoms with Crippen molar-refractivity contribution in [3.63, 3.8) is 0 Å². The fraction of sp³-hybridized carbons (Fsp3) is 0.467. The molecule has 0 aromatic carbocycles. The number of pyridine rings is 1. The van der Waals surface area contributed by atoms with Crippen LogP contribution in [-0.2, 0) is 6.54 Å². The van der Waals surface area contributed by atoms with Crippen LogP contribution in [0.3, 0.4) is 0 Å². The first-order valence-corrected chi connectivity index (χ1v) is 6.87. The molecule has 21 heavy (non-hydrogen) atoms. The van der Waals surface area contributed by atoms with Crippen LogP contribution in [0.15, 0.2) is 24.7 Å². The molecule has 0 amide bonds. The van der Waals surface area contributed by atoms with Gasteiger partial charge in [-0.1, -0.05) is 6.07 Å². The van der Waals surface area contributed by atoms with Crippen LogP contribution in [0.25, 0.3) is 0 Å². The predicted molar refractivity (Wildman–Crippen MR) is 80.4 cm³/mol. The molecule has 2 aromatic heterocycles. The first-order valence-electron chi connectivity index (χ1n) is 6.87. The number of ether oxygens (including phenoxy) is 1. The van der Waals surface area contributed by atoms with Gasteiger partial charge in [-0.25, -0.2) is 0 Å². The molecule has 1 atom stereocenters. The van der Waals surface area contributed by atoms with Crippen LogP contribution < -0.4 is 4.74 Å². The Morgan fingerprint density at radius 2 is 2.10 bits per heavy atom. The summed E-state index contributed by atoms with van der Waals surface area (Å²) in [6, 6.07) is 1.92. The highest BCUT2D eigenvalue weighted by atomic mass is 16.5. The summed E-state index contributed by atoms with van der Waals surface area (Å²) in [7, 11) is 5.58. The molecule has 1 unspecified atom stereocenters. The number of methoxy groups -OCH3 is 1. The van der Waals surface area contributed by atoms with E-state index in [4.69, 9.17) is 4.74 Å². The summed E-state index contributed by atoms with van der Waals surface area (Å²) >= 11 is 0. The molecule has 0 bridgehead atoms. The van der Waals surface area contributed by atoms with E-state index in [0.29, 0.717) is 18.0 Å². The highest BCUT2D eigenvalue weighted by Gasteiger charge is 2.22. The van der Waals surface area contributed by atoms with Gasteiger partial charge in [0.05, 0.1) is 19.9 Å². The van der Waals surface area contributed by atoms with Crippen LogP contribution in [0.4, 0.5) is 0 Å². The van der Waals surface area contributed by atoms with Crippen molar-refractivity contribution in [2.24, 2.45) is 0 Å². The number of aromatic nitrogens is 3. The maximum absolute atomic E-state index is 10.7. The normalized spacial score (nSPS) is 12.7. The number of rotatable bonds is 6. The third-order valence-corrected chi connectivity index (χ3v) is 3.29. The molecule has 0 aliphatic carbocycles. The quantitative estimate of drug-likeness (QED) is 0.867. The van der Waals surface area contributed by atoms with Gasteiger partial charge in [0.25, 0.3) is 0 Å². The van der Waals surface area contributed by atoms with Crippen molar-refractivity contribution in [3.8, 4) is 5.75 Å². The van der Waals surface area contributed by atoms with Gasteiger partial charge >= 0.3 is 0 Å². The molecule has 2 aromatic rings. The zero-order chi connectivity index (χ0) is 15.4. The van der Waals surface area contributed by atoms with Crippen LogP contribution in [0.1, 0.15) is 22.9 Å². The molecule has 114 valence electrons. The van der Waals surface area contributed by atoms with Crippen molar-refractivity contribution in [1.82, 2.24) is 19.7 Å². The summed E-state index contributed by atoms with van der Waals surface area (Å²) < 4.78 is 7.11. The SMILES string of the molecule is COc1cnn(CCN(C)C)c1C(O)c1cncc(C)c1. The molecule has 0 radical (unpaired) electrons. The first-order chi connectivity index (χ1) is 10.0. The number of likely N-dealkylation sites (N-methyl/N-ethyl adjacent to an activating group) is 1. The Morgan fingerprint density at radius 1 is 1.33 bits per heavy atom. The minimum atomic E-state index is -0.808. The van der Waals surface area contributed by atoms with Gasteiger partial charge in [0.15, 0.2) is 5.75 Å². The lowest BCUT2D eigenvalue weighted by Crippen LogP contribution is -2.21. The topological polar surface area (TPSA) is 63.4 Å². The third kappa shape index (κ3) is 3.59. The summed E-state index contributed by atoms with van der Waals surface area (Å²) in [6.07, 6.45) is 4.26. The fourth-order valence-electron chi connectivity index (χ4n) is 2.17. The van der Waals surface area contributed by atoms with Crippen molar-refractivity contribution in [2.45, 2.75) is 19.6 Å². The second kappa shape index (κ2) is 6.69. The van der Waals surface area contributed by atoms with Crippen LogP contribution in [0.2, 0.25) is 0 Å². The number of hydrogen-bond donors (Lipinski definition) is 1. The second-order valence-electron chi connectivity index (χ2n) is 5.32. The highest BCUT2D eigenvalue weighted by molar-refractivity contribution is 5.34. The Balaban J connectivity index is 2.34. The molecule has 0 aliphatic rings. The van der Waals surface area contributed by atoms with E-state index in [-0.39, 0.29) is 0 Å². The van der Waals surface area contributed by atoms with Crippen molar-refractivity contribution in [3.05, 3.63) is 41.5 Å². The predicted octanol–water partition coefficient (Wildman–Crippen LogP) is 1.24. The molecule has 0 spiro atoms. The number of hydrogen-bond acceptors (Lipinski definition) is 5. The Hall–Kier alpha value is -1.92. The molecule has 0 saturated carbocycles. The summed E-state index contributed by atoms with van der Waals surface area (Å²) in [5.41, 5.74) is 2.40. The molecular weight excluding hydrogens is 268 g/mol. The van der Waals surface area contributed by atoms with E-state index in [9.17, 15) is 5.11 Å². The minimum absolute atomic E-state index is 0.586. The van der Waals surface area contributed by atoms with Crippen molar-refractivity contribution in [1.29, 1.82) is 0 Å². The maximum atomic E-state index is 10.7. The zero-order valence-electron chi connectivity index (χ0n) is 12.9. The fourth-order valence-corrected chi connectivity index (χ4v) is 2.17. The number of nitrogens with zero attached hydrogens (tertiary/aromatic N) is 4. The van der Waals surface area contributed by atoms with E-state index < -0.39 is 6.10 Å². The van der Waals surface area contributed by atoms with E-state index in [1.54, 1.807) is 30.4 Å².